The minimum atomic E-state index is -2.50. The summed E-state index contributed by atoms with van der Waals surface area (Å²) >= 11 is 0.441. The van der Waals surface area contributed by atoms with Gasteiger partial charge in [0.25, 0.3) is 5.76 Å². The number of nitrogens with zero attached hydrogens (tertiary/aromatic N) is 4. The molecule has 3 rings (SSSR count). The zero-order valence-electron chi connectivity index (χ0n) is 12.8. The first kappa shape index (κ1) is 17.0. The quantitative estimate of drug-likeness (QED) is 0.683. The summed E-state index contributed by atoms with van der Waals surface area (Å²) in [5, 5.41) is 13.6. The maximum absolute atomic E-state index is 12.4. The molecule has 0 aliphatic heterocycles. The van der Waals surface area contributed by atoms with Crippen molar-refractivity contribution in [3.8, 4) is 5.69 Å². The number of nitrogens with one attached hydrogen (secondary N) is 1. The number of carbonyl (C=O) groups excluding carboxylic acids is 1. The van der Waals surface area contributed by atoms with Crippen molar-refractivity contribution in [1.29, 1.82) is 0 Å². The molecule has 3 aromatic rings. The van der Waals surface area contributed by atoms with E-state index >= 15 is 0 Å². The van der Waals surface area contributed by atoms with Crippen LogP contribution in [0.1, 0.15) is 5.56 Å². The maximum Gasteiger partial charge on any atom is 0.288 e. The Hall–Kier alpha value is -2.81. The third-order valence-electron chi connectivity index (χ3n) is 3.26. The largest absolute Gasteiger partial charge is 0.326 e. The number of hydrogen-bond donors (Lipinski definition) is 1. The van der Waals surface area contributed by atoms with E-state index in [0.29, 0.717) is 22.3 Å². The zero-order chi connectivity index (χ0) is 17.6. The lowest BCUT2D eigenvalue weighted by Crippen LogP contribution is -2.14. The Labute approximate surface area is 146 Å². The van der Waals surface area contributed by atoms with Gasteiger partial charge in [-0.1, -0.05) is 30.0 Å². The molecular weight excluding hydrogens is 348 g/mol. The number of benzene rings is 2. The van der Waals surface area contributed by atoms with Crippen LogP contribution < -0.4 is 5.32 Å². The summed E-state index contributed by atoms with van der Waals surface area (Å²) in [7, 11) is 0. The van der Waals surface area contributed by atoms with Crippen molar-refractivity contribution in [2.75, 3.05) is 5.32 Å². The molecule has 128 valence electrons. The van der Waals surface area contributed by atoms with Crippen LogP contribution in [0.3, 0.4) is 0 Å². The summed E-state index contributed by atoms with van der Waals surface area (Å²) in [5.74, 6) is -2.72. The van der Waals surface area contributed by atoms with Crippen LogP contribution in [0, 0.1) is 0 Å². The minimum absolute atomic E-state index is 0.169. The second kappa shape index (κ2) is 7.84. The Balaban J connectivity index is 1.61. The molecule has 0 saturated carbocycles. The number of alkyl halides is 2. The number of halogens is 2. The van der Waals surface area contributed by atoms with Crippen molar-refractivity contribution in [1.82, 2.24) is 20.2 Å². The Morgan fingerprint density at radius 3 is 2.68 bits per heavy atom. The number of rotatable bonds is 6. The maximum atomic E-state index is 12.4. The van der Waals surface area contributed by atoms with Crippen molar-refractivity contribution in [3.63, 3.8) is 0 Å². The number of aromatic nitrogens is 4. The normalized spacial score (nSPS) is 10.8. The molecule has 0 fully saturated rings. The van der Waals surface area contributed by atoms with Crippen LogP contribution in [0.2, 0.25) is 0 Å². The first-order chi connectivity index (χ1) is 12.1. The number of thioether (sulfide) groups is 1. The molecule has 25 heavy (non-hydrogen) atoms. The average molecular weight is 361 g/mol. The first-order valence-electron chi connectivity index (χ1n) is 7.27. The van der Waals surface area contributed by atoms with Crippen molar-refractivity contribution in [3.05, 3.63) is 60.4 Å². The lowest BCUT2D eigenvalue weighted by Gasteiger charge is -2.08. The summed E-state index contributed by atoms with van der Waals surface area (Å²) in [6.45, 7) is 0. The van der Waals surface area contributed by atoms with E-state index in [1.165, 1.54) is 17.1 Å². The van der Waals surface area contributed by atoms with E-state index in [0.717, 1.165) is 11.3 Å². The summed E-state index contributed by atoms with van der Waals surface area (Å²) < 4.78 is 26.3. The summed E-state index contributed by atoms with van der Waals surface area (Å²) in [6.07, 6.45) is 1.65. The molecule has 0 atom stereocenters. The fourth-order valence-corrected chi connectivity index (χ4v) is 2.74. The molecule has 0 unspecified atom stereocenters. The molecule has 6 nitrogen and oxygen atoms in total. The van der Waals surface area contributed by atoms with Gasteiger partial charge in [0.2, 0.25) is 5.91 Å². The smallest absolute Gasteiger partial charge is 0.288 e. The zero-order valence-corrected chi connectivity index (χ0v) is 13.7. The molecule has 0 spiro atoms. The van der Waals surface area contributed by atoms with Crippen LogP contribution in [0.5, 0.6) is 0 Å². The molecule has 1 amide bonds. The van der Waals surface area contributed by atoms with Crippen molar-refractivity contribution >= 4 is 23.4 Å². The highest BCUT2D eigenvalue weighted by Gasteiger charge is 2.08. The molecule has 0 bridgehead atoms. The molecule has 2 aromatic carbocycles. The van der Waals surface area contributed by atoms with Gasteiger partial charge in [-0.05, 0) is 46.3 Å². The molecular formula is C16H13F2N5OS. The van der Waals surface area contributed by atoms with Gasteiger partial charge in [-0.25, -0.2) is 4.68 Å². The van der Waals surface area contributed by atoms with Gasteiger partial charge in [0.1, 0.15) is 6.33 Å². The molecule has 0 aliphatic carbocycles. The van der Waals surface area contributed by atoms with Crippen LogP contribution in [0.15, 0.2) is 59.8 Å². The van der Waals surface area contributed by atoms with Gasteiger partial charge in [0.15, 0.2) is 0 Å². The lowest BCUT2D eigenvalue weighted by molar-refractivity contribution is -0.115. The van der Waals surface area contributed by atoms with E-state index < -0.39 is 5.76 Å². The van der Waals surface area contributed by atoms with E-state index in [2.05, 4.69) is 20.8 Å². The number of anilines is 1. The van der Waals surface area contributed by atoms with Gasteiger partial charge >= 0.3 is 0 Å². The number of hydrogen-bond acceptors (Lipinski definition) is 5. The van der Waals surface area contributed by atoms with Crippen LogP contribution in [-0.4, -0.2) is 31.9 Å². The van der Waals surface area contributed by atoms with Crippen LogP contribution in [-0.2, 0) is 11.2 Å². The highest BCUT2D eigenvalue weighted by molar-refractivity contribution is 7.99. The highest BCUT2D eigenvalue weighted by Crippen LogP contribution is 2.27. The molecule has 1 heterocycles. The molecule has 0 radical (unpaired) electrons. The van der Waals surface area contributed by atoms with Crippen LogP contribution >= 0.6 is 11.8 Å². The third-order valence-corrected chi connectivity index (χ3v) is 3.96. The first-order valence-corrected chi connectivity index (χ1v) is 8.15. The average Bonchev–Trinajstić information content (AvgIpc) is 3.09. The van der Waals surface area contributed by atoms with Crippen LogP contribution in [0.4, 0.5) is 14.5 Å². The third kappa shape index (κ3) is 4.83. The predicted molar refractivity (Wildman–Crippen MR) is 89.8 cm³/mol. The van der Waals surface area contributed by atoms with Gasteiger partial charge in [-0.15, -0.1) is 5.10 Å². The van der Waals surface area contributed by atoms with Gasteiger partial charge in [-0.2, -0.15) is 8.78 Å². The van der Waals surface area contributed by atoms with Gasteiger partial charge in [-0.3, -0.25) is 4.79 Å². The number of tetrazole rings is 1. The van der Waals surface area contributed by atoms with Gasteiger partial charge in [0.05, 0.1) is 12.1 Å². The molecule has 0 aliphatic rings. The fraction of sp³-hybridized carbons (Fsp3) is 0.125. The number of amides is 1. The Bertz CT molecular complexity index is 840. The predicted octanol–water partition coefficient (Wildman–Crippen LogP) is 3.16. The topological polar surface area (TPSA) is 72.7 Å². The summed E-state index contributed by atoms with van der Waals surface area (Å²) in [4.78, 5) is 12.5. The van der Waals surface area contributed by atoms with E-state index in [1.54, 1.807) is 42.5 Å². The van der Waals surface area contributed by atoms with E-state index in [1.807, 2.05) is 0 Å². The Morgan fingerprint density at radius 2 is 2.00 bits per heavy atom. The van der Waals surface area contributed by atoms with Crippen molar-refractivity contribution in [2.24, 2.45) is 0 Å². The van der Waals surface area contributed by atoms with E-state index in [9.17, 15) is 13.6 Å². The monoisotopic (exact) mass is 361 g/mol. The Morgan fingerprint density at radius 1 is 1.20 bits per heavy atom. The molecule has 1 aromatic heterocycles. The van der Waals surface area contributed by atoms with Crippen molar-refractivity contribution < 1.29 is 13.6 Å². The summed E-state index contributed by atoms with van der Waals surface area (Å²) in [6, 6.07) is 13.6. The molecule has 1 N–H and O–H groups in total. The standard InChI is InChI=1S/C16H13F2N5OS/c17-16(18)25-14-3-1-2-12(9-14)20-15(24)8-11-4-6-13(7-5-11)23-10-19-21-22-23/h1-7,9-10,16H,8H2,(H,20,24). The van der Waals surface area contributed by atoms with Crippen molar-refractivity contribution in [2.45, 2.75) is 17.1 Å². The molecule has 0 saturated heterocycles. The Kier molecular flexibility index (Phi) is 5.34. The molecule has 9 heteroatoms. The van der Waals surface area contributed by atoms with E-state index in [4.69, 9.17) is 0 Å². The fourth-order valence-electron chi connectivity index (χ4n) is 2.19. The minimum Gasteiger partial charge on any atom is -0.326 e. The summed E-state index contributed by atoms with van der Waals surface area (Å²) in [5.41, 5.74) is 2.08. The SMILES string of the molecule is O=C(Cc1ccc(-n2cnnn2)cc1)Nc1cccc(SC(F)F)c1. The second-order valence-electron chi connectivity index (χ2n) is 5.05. The second-order valence-corrected chi connectivity index (χ2v) is 6.12. The van der Waals surface area contributed by atoms with E-state index in [-0.39, 0.29) is 12.3 Å². The highest BCUT2D eigenvalue weighted by atomic mass is 32.2. The van der Waals surface area contributed by atoms with Gasteiger partial charge < -0.3 is 5.32 Å². The lowest BCUT2D eigenvalue weighted by atomic mass is 10.1. The van der Waals surface area contributed by atoms with Gasteiger partial charge in [0, 0.05) is 10.6 Å². The number of carbonyl (C=O) groups is 1. The van der Waals surface area contributed by atoms with Crippen LogP contribution in [0.25, 0.3) is 5.69 Å².